The van der Waals surface area contributed by atoms with Gasteiger partial charge in [0, 0.05) is 43.5 Å². The van der Waals surface area contributed by atoms with Gasteiger partial charge in [0.25, 0.3) is 0 Å². The molecule has 18 heavy (non-hydrogen) atoms. The first-order valence-corrected chi connectivity index (χ1v) is 6.60. The Balaban J connectivity index is 2.08. The second-order valence-electron chi connectivity index (χ2n) is 4.84. The molecule has 1 heterocycles. The average Bonchev–Trinajstić information content (AvgIpc) is 2.38. The maximum Gasteiger partial charge on any atom is 0.123 e. The molecule has 0 aromatic heterocycles. The van der Waals surface area contributed by atoms with E-state index in [1.807, 2.05) is 12.1 Å². The van der Waals surface area contributed by atoms with Crippen LogP contribution in [0.4, 0.5) is 5.69 Å². The van der Waals surface area contributed by atoms with Crippen LogP contribution in [0.25, 0.3) is 0 Å². The number of hydrogen-bond acceptors (Lipinski definition) is 4. The summed E-state index contributed by atoms with van der Waals surface area (Å²) in [6, 6.07) is 5.54. The number of aliphatic hydroxyl groups excluding tert-OH is 1. The van der Waals surface area contributed by atoms with E-state index in [-0.39, 0.29) is 5.75 Å². The van der Waals surface area contributed by atoms with Crippen LogP contribution < -0.4 is 4.90 Å². The Morgan fingerprint density at radius 2 is 1.89 bits per heavy atom. The van der Waals surface area contributed by atoms with Gasteiger partial charge in [-0.05, 0) is 19.5 Å². The molecular formula is C14H22N2O2. The molecule has 4 heteroatoms. The molecule has 0 amide bonds. The molecule has 100 valence electrons. The Hall–Kier alpha value is -1.26. The van der Waals surface area contributed by atoms with Gasteiger partial charge in [-0.2, -0.15) is 0 Å². The highest BCUT2D eigenvalue weighted by Crippen LogP contribution is 2.29. The van der Waals surface area contributed by atoms with Crippen LogP contribution in [0.1, 0.15) is 25.5 Å². The zero-order valence-electron chi connectivity index (χ0n) is 11.1. The fourth-order valence-corrected chi connectivity index (χ4v) is 2.40. The number of phenols is 1. The number of rotatable bonds is 3. The van der Waals surface area contributed by atoms with Crippen LogP contribution in [-0.2, 0) is 0 Å². The van der Waals surface area contributed by atoms with E-state index in [0.29, 0.717) is 5.56 Å². The van der Waals surface area contributed by atoms with Crippen molar-refractivity contribution in [2.45, 2.75) is 20.0 Å². The number of nitrogens with zero attached hydrogens (tertiary/aromatic N) is 2. The van der Waals surface area contributed by atoms with Crippen molar-refractivity contribution in [3.63, 3.8) is 0 Å². The number of hydrogen-bond donors (Lipinski definition) is 2. The molecule has 2 rings (SSSR count). The topological polar surface area (TPSA) is 46.9 Å². The number of likely N-dealkylation sites (N-methyl/N-ethyl adjacent to an activating group) is 1. The Labute approximate surface area is 108 Å². The number of aromatic hydroxyl groups is 1. The molecule has 1 unspecified atom stereocenters. The summed E-state index contributed by atoms with van der Waals surface area (Å²) in [6.45, 7) is 9.04. The van der Waals surface area contributed by atoms with Crippen LogP contribution in [0.3, 0.4) is 0 Å². The van der Waals surface area contributed by atoms with E-state index in [9.17, 15) is 10.2 Å². The lowest BCUT2D eigenvalue weighted by atomic mass is 10.1. The van der Waals surface area contributed by atoms with E-state index in [2.05, 4.69) is 16.7 Å². The predicted octanol–water partition coefficient (Wildman–Crippen LogP) is 1.59. The molecule has 1 aromatic carbocycles. The van der Waals surface area contributed by atoms with E-state index >= 15 is 0 Å². The molecular weight excluding hydrogens is 228 g/mol. The lowest BCUT2D eigenvalue weighted by molar-refractivity contribution is 0.195. The minimum atomic E-state index is -0.629. The summed E-state index contributed by atoms with van der Waals surface area (Å²) in [7, 11) is 0. The average molecular weight is 250 g/mol. The van der Waals surface area contributed by atoms with Crippen LogP contribution in [0.2, 0.25) is 0 Å². The molecule has 0 aliphatic carbocycles. The second kappa shape index (κ2) is 5.59. The van der Waals surface area contributed by atoms with Crippen LogP contribution in [0.15, 0.2) is 18.2 Å². The van der Waals surface area contributed by atoms with Crippen molar-refractivity contribution >= 4 is 5.69 Å². The molecule has 1 aliphatic rings. The summed E-state index contributed by atoms with van der Waals surface area (Å²) in [6.07, 6.45) is -0.629. The minimum Gasteiger partial charge on any atom is -0.507 e. The summed E-state index contributed by atoms with van der Waals surface area (Å²) in [5.41, 5.74) is 1.62. The van der Waals surface area contributed by atoms with Crippen molar-refractivity contribution in [1.29, 1.82) is 0 Å². The summed E-state index contributed by atoms with van der Waals surface area (Å²) >= 11 is 0. The highest BCUT2D eigenvalue weighted by molar-refractivity contribution is 5.54. The van der Waals surface area contributed by atoms with E-state index in [1.165, 1.54) is 0 Å². The SMILES string of the molecule is CCN1CCN(c2ccc(C(C)O)c(O)c2)CC1. The van der Waals surface area contributed by atoms with Gasteiger partial charge in [-0.25, -0.2) is 0 Å². The van der Waals surface area contributed by atoms with Gasteiger partial charge in [0.2, 0.25) is 0 Å². The monoisotopic (exact) mass is 250 g/mol. The maximum absolute atomic E-state index is 9.89. The van der Waals surface area contributed by atoms with E-state index in [4.69, 9.17) is 0 Å². The van der Waals surface area contributed by atoms with Gasteiger partial charge in [-0.3, -0.25) is 0 Å². The first-order valence-electron chi connectivity index (χ1n) is 6.60. The van der Waals surface area contributed by atoms with Gasteiger partial charge < -0.3 is 20.0 Å². The van der Waals surface area contributed by atoms with Crippen molar-refractivity contribution in [3.8, 4) is 5.75 Å². The zero-order valence-corrected chi connectivity index (χ0v) is 11.1. The fraction of sp³-hybridized carbons (Fsp3) is 0.571. The zero-order chi connectivity index (χ0) is 13.1. The molecule has 0 radical (unpaired) electrons. The molecule has 1 atom stereocenters. The lowest BCUT2D eigenvalue weighted by Crippen LogP contribution is -2.46. The second-order valence-corrected chi connectivity index (χ2v) is 4.84. The molecule has 1 aliphatic heterocycles. The molecule has 1 aromatic rings. The Morgan fingerprint density at radius 1 is 1.22 bits per heavy atom. The van der Waals surface area contributed by atoms with Gasteiger partial charge in [0.05, 0.1) is 6.10 Å². The molecule has 0 bridgehead atoms. The first-order chi connectivity index (χ1) is 8.61. The van der Waals surface area contributed by atoms with Crippen molar-refractivity contribution in [2.24, 2.45) is 0 Å². The summed E-state index contributed by atoms with van der Waals surface area (Å²) in [4.78, 5) is 4.69. The number of benzene rings is 1. The van der Waals surface area contributed by atoms with Crippen molar-refractivity contribution in [2.75, 3.05) is 37.6 Å². The summed E-state index contributed by atoms with van der Waals surface area (Å²) in [5.74, 6) is 0.181. The Kier molecular flexibility index (Phi) is 4.09. The van der Waals surface area contributed by atoms with Gasteiger partial charge in [-0.1, -0.05) is 13.0 Å². The molecule has 4 nitrogen and oxygen atoms in total. The maximum atomic E-state index is 9.89. The third-order valence-electron chi connectivity index (χ3n) is 3.65. The van der Waals surface area contributed by atoms with Gasteiger partial charge in [-0.15, -0.1) is 0 Å². The van der Waals surface area contributed by atoms with Crippen LogP contribution in [0.5, 0.6) is 5.75 Å². The number of anilines is 1. The van der Waals surface area contributed by atoms with Gasteiger partial charge >= 0.3 is 0 Å². The number of phenolic OH excluding ortho intramolecular Hbond substituents is 1. The highest BCUT2D eigenvalue weighted by atomic mass is 16.3. The van der Waals surface area contributed by atoms with E-state index in [1.54, 1.807) is 13.0 Å². The lowest BCUT2D eigenvalue weighted by Gasteiger charge is -2.35. The largest absolute Gasteiger partial charge is 0.507 e. The van der Waals surface area contributed by atoms with Crippen molar-refractivity contribution < 1.29 is 10.2 Å². The predicted molar refractivity (Wildman–Crippen MR) is 73.1 cm³/mol. The molecule has 2 N–H and O–H groups in total. The molecule has 0 spiro atoms. The molecule has 1 fully saturated rings. The quantitative estimate of drug-likeness (QED) is 0.855. The van der Waals surface area contributed by atoms with E-state index in [0.717, 1.165) is 38.4 Å². The third kappa shape index (κ3) is 2.76. The first kappa shape index (κ1) is 13.2. The van der Waals surface area contributed by atoms with Crippen LogP contribution >= 0.6 is 0 Å². The standard InChI is InChI=1S/C14H22N2O2/c1-3-15-6-8-16(9-7-15)12-4-5-13(11(2)17)14(18)10-12/h4-5,10-11,17-18H,3,6-9H2,1-2H3. The summed E-state index contributed by atoms with van der Waals surface area (Å²) in [5, 5.41) is 19.4. The fourth-order valence-electron chi connectivity index (χ4n) is 2.40. The highest BCUT2D eigenvalue weighted by Gasteiger charge is 2.17. The van der Waals surface area contributed by atoms with Crippen molar-refractivity contribution in [3.05, 3.63) is 23.8 Å². The normalized spacial score (nSPS) is 18.9. The minimum absolute atomic E-state index is 0.181. The smallest absolute Gasteiger partial charge is 0.123 e. The Bertz CT molecular complexity index is 399. The summed E-state index contributed by atoms with van der Waals surface area (Å²) < 4.78 is 0. The third-order valence-corrected chi connectivity index (χ3v) is 3.65. The van der Waals surface area contributed by atoms with E-state index < -0.39 is 6.10 Å². The van der Waals surface area contributed by atoms with Gasteiger partial charge in [0.15, 0.2) is 0 Å². The number of piperazine rings is 1. The Morgan fingerprint density at radius 3 is 2.39 bits per heavy atom. The molecule has 1 saturated heterocycles. The van der Waals surface area contributed by atoms with Crippen molar-refractivity contribution in [1.82, 2.24) is 4.90 Å². The van der Waals surface area contributed by atoms with Gasteiger partial charge in [0.1, 0.15) is 5.75 Å². The number of aliphatic hydroxyl groups is 1. The van der Waals surface area contributed by atoms with Crippen LogP contribution in [0, 0.1) is 0 Å². The van der Waals surface area contributed by atoms with Crippen LogP contribution in [-0.4, -0.2) is 47.8 Å². The molecule has 0 saturated carbocycles.